The molecule has 0 unspecified atom stereocenters. The van der Waals surface area contributed by atoms with Gasteiger partial charge in [-0.05, 0) is 65.3 Å². The van der Waals surface area contributed by atoms with E-state index in [-0.39, 0.29) is 0 Å². The van der Waals surface area contributed by atoms with Crippen LogP contribution in [0.5, 0.6) is 0 Å². The molecule has 0 aliphatic heterocycles. The maximum atomic E-state index is 5.75. The summed E-state index contributed by atoms with van der Waals surface area (Å²) in [6.45, 7) is 4.82. The molecule has 0 saturated heterocycles. The van der Waals surface area contributed by atoms with Crippen LogP contribution in [0.1, 0.15) is 16.7 Å². The van der Waals surface area contributed by atoms with E-state index in [1.807, 2.05) is 18.2 Å². The quantitative estimate of drug-likeness (QED) is 0.390. The summed E-state index contributed by atoms with van der Waals surface area (Å²) < 4.78 is 1.24. The van der Waals surface area contributed by atoms with Crippen molar-refractivity contribution >= 4 is 28.3 Å². The largest absolute Gasteiger partial charge is 0.271 e. The number of halogens is 1. The van der Waals surface area contributed by atoms with Crippen molar-refractivity contribution in [2.75, 3.05) is 5.48 Å². The molecule has 0 bridgehead atoms. The second-order valence-electron chi connectivity index (χ2n) is 5.81. The fourth-order valence-electron chi connectivity index (χ4n) is 2.80. The van der Waals surface area contributed by atoms with Gasteiger partial charge in [0.05, 0.1) is 12.3 Å². The van der Waals surface area contributed by atoms with Gasteiger partial charge in [-0.2, -0.15) is 0 Å². The van der Waals surface area contributed by atoms with Crippen LogP contribution >= 0.6 is 22.6 Å². The Hall–Kier alpha value is -1.85. The van der Waals surface area contributed by atoms with Crippen LogP contribution in [-0.4, -0.2) is 0 Å². The summed E-state index contributed by atoms with van der Waals surface area (Å²) in [6.07, 6.45) is 0. The molecule has 0 atom stereocenters. The number of hydrogen-bond acceptors (Lipinski definition) is 2. The van der Waals surface area contributed by atoms with Gasteiger partial charge in [-0.15, -0.1) is 0 Å². The van der Waals surface area contributed by atoms with Gasteiger partial charge in [-0.1, -0.05) is 54.6 Å². The number of anilines is 1. The van der Waals surface area contributed by atoms with Crippen molar-refractivity contribution in [1.82, 2.24) is 0 Å². The maximum Gasteiger partial charge on any atom is 0.0996 e. The molecule has 3 aromatic rings. The van der Waals surface area contributed by atoms with E-state index in [1.165, 1.54) is 25.8 Å². The summed E-state index contributed by atoms with van der Waals surface area (Å²) in [7, 11) is 0. The smallest absolute Gasteiger partial charge is 0.0996 e. The normalized spacial score (nSPS) is 10.6. The van der Waals surface area contributed by atoms with Crippen LogP contribution in [0, 0.1) is 17.4 Å². The van der Waals surface area contributed by atoms with Crippen LogP contribution in [0.15, 0.2) is 66.7 Å². The lowest BCUT2D eigenvalue weighted by Crippen LogP contribution is -2.04. The molecule has 0 aromatic heterocycles. The summed E-state index contributed by atoms with van der Waals surface area (Å²) in [6, 6.07) is 22.8. The van der Waals surface area contributed by atoms with Crippen LogP contribution in [0.2, 0.25) is 0 Å². The summed E-state index contributed by atoms with van der Waals surface area (Å²) in [4.78, 5) is 5.75. The molecule has 2 nitrogen and oxygen atoms in total. The third-order valence-electron chi connectivity index (χ3n) is 4.01. The molecular formula is C21H20INO. The predicted molar refractivity (Wildman–Crippen MR) is 109 cm³/mol. The number of nitrogens with one attached hydrogen (secondary N) is 1. The Morgan fingerprint density at radius 2 is 1.46 bits per heavy atom. The lowest BCUT2D eigenvalue weighted by molar-refractivity contribution is 0.180. The Labute approximate surface area is 157 Å². The number of aryl methyl sites for hydroxylation is 2. The van der Waals surface area contributed by atoms with Gasteiger partial charge >= 0.3 is 0 Å². The van der Waals surface area contributed by atoms with Gasteiger partial charge in [0.15, 0.2) is 0 Å². The molecule has 0 aliphatic carbocycles. The Morgan fingerprint density at radius 1 is 0.792 bits per heavy atom. The average molecular weight is 429 g/mol. The molecular weight excluding hydrogens is 409 g/mol. The number of rotatable bonds is 5. The van der Waals surface area contributed by atoms with Crippen LogP contribution in [0.25, 0.3) is 11.1 Å². The van der Waals surface area contributed by atoms with Gasteiger partial charge < -0.3 is 0 Å². The molecule has 0 heterocycles. The first-order valence-electron chi connectivity index (χ1n) is 7.93. The van der Waals surface area contributed by atoms with Gasteiger partial charge in [-0.25, -0.2) is 0 Å². The molecule has 0 aliphatic rings. The van der Waals surface area contributed by atoms with Crippen LogP contribution in [-0.2, 0) is 11.4 Å². The van der Waals surface area contributed by atoms with E-state index in [9.17, 15) is 0 Å². The summed E-state index contributed by atoms with van der Waals surface area (Å²) in [5, 5.41) is 0. The molecule has 1 N–H and O–H groups in total. The first-order valence-corrected chi connectivity index (χ1v) is 9.01. The standard InChI is InChI=1S/C21H20INO/c1-15-8-6-12-18(22)20(15)21-16(2)9-7-13-19(21)23-24-14-17-10-4-3-5-11-17/h3-13,23H,14H2,1-2H3. The second-order valence-corrected chi connectivity index (χ2v) is 6.97. The van der Waals surface area contributed by atoms with E-state index >= 15 is 0 Å². The fourth-order valence-corrected chi connectivity index (χ4v) is 3.71. The first kappa shape index (κ1) is 17.0. The minimum atomic E-state index is 0.527. The van der Waals surface area contributed by atoms with E-state index in [4.69, 9.17) is 4.84 Å². The highest BCUT2D eigenvalue weighted by Gasteiger charge is 2.13. The molecule has 24 heavy (non-hydrogen) atoms. The molecule has 3 aromatic carbocycles. The zero-order chi connectivity index (χ0) is 16.9. The molecule has 122 valence electrons. The third kappa shape index (κ3) is 3.79. The first-order chi connectivity index (χ1) is 11.7. The van der Waals surface area contributed by atoms with E-state index in [0.717, 1.165) is 11.3 Å². The van der Waals surface area contributed by atoms with Crippen molar-refractivity contribution in [1.29, 1.82) is 0 Å². The zero-order valence-corrected chi connectivity index (χ0v) is 16.0. The number of hydrogen-bond donors (Lipinski definition) is 1. The monoisotopic (exact) mass is 429 g/mol. The van der Waals surface area contributed by atoms with Crippen molar-refractivity contribution in [2.24, 2.45) is 0 Å². The van der Waals surface area contributed by atoms with Gasteiger partial charge in [0.2, 0.25) is 0 Å². The molecule has 0 radical (unpaired) electrons. The molecule has 0 spiro atoms. The van der Waals surface area contributed by atoms with Gasteiger partial charge in [0, 0.05) is 14.7 Å². The van der Waals surface area contributed by atoms with E-state index in [0.29, 0.717) is 6.61 Å². The van der Waals surface area contributed by atoms with Crippen LogP contribution in [0.4, 0.5) is 5.69 Å². The van der Waals surface area contributed by atoms with Crippen molar-refractivity contribution < 1.29 is 4.84 Å². The minimum Gasteiger partial charge on any atom is -0.271 e. The number of benzene rings is 3. The van der Waals surface area contributed by atoms with Gasteiger partial charge in [0.25, 0.3) is 0 Å². The van der Waals surface area contributed by atoms with Gasteiger partial charge in [-0.3, -0.25) is 10.3 Å². The van der Waals surface area contributed by atoms with E-state index in [1.54, 1.807) is 0 Å². The Bertz CT molecular complexity index is 810. The summed E-state index contributed by atoms with van der Waals surface area (Å²) >= 11 is 2.40. The Kier molecular flexibility index (Phi) is 5.53. The third-order valence-corrected chi connectivity index (χ3v) is 4.91. The highest BCUT2D eigenvalue weighted by Crippen LogP contribution is 2.36. The Morgan fingerprint density at radius 3 is 2.17 bits per heavy atom. The predicted octanol–water partition coefficient (Wildman–Crippen LogP) is 6.12. The second kappa shape index (κ2) is 7.81. The van der Waals surface area contributed by atoms with Crippen molar-refractivity contribution in [3.8, 4) is 11.1 Å². The lowest BCUT2D eigenvalue weighted by atomic mass is 9.95. The van der Waals surface area contributed by atoms with Crippen LogP contribution in [0.3, 0.4) is 0 Å². The highest BCUT2D eigenvalue weighted by atomic mass is 127. The van der Waals surface area contributed by atoms with Crippen LogP contribution < -0.4 is 5.48 Å². The molecule has 0 saturated carbocycles. The Balaban J connectivity index is 1.88. The maximum absolute atomic E-state index is 5.75. The van der Waals surface area contributed by atoms with E-state index < -0.39 is 0 Å². The fraction of sp³-hybridized carbons (Fsp3) is 0.143. The van der Waals surface area contributed by atoms with Crippen molar-refractivity contribution in [2.45, 2.75) is 20.5 Å². The summed E-state index contributed by atoms with van der Waals surface area (Å²) in [5.41, 5.74) is 10.3. The topological polar surface area (TPSA) is 21.3 Å². The zero-order valence-electron chi connectivity index (χ0n) is 13.8. The average Bonchev–Trinajstić information content (AvgIpc) is 2.58. The molecule has 3 rings (SSSR count). The van der Waals surface area contributed by atoms with E-state index in [2.05, 4.69) is 90.4 Å². The van der Waals surface area contributed by atoms with Crippen molar-refractivity contribution in [3.05, 3.63) is 87.0 Å². The minimum absolute atomic E-state index is 0.527. The summed E-state index contributed by atoms with van der Waals surface area (Å²) in [5.74, 6) is 0. The SMILES string of the molecule is Cc1cccc(I)c1-c1c(C)cccc1NOCc1ccccc1. The molecule has 0 fully saturated rings. The molecule has 3 heteroatoms. The highest BCUT2D eigenvalue weighted by molar-refractivity contribution is 14.1. The lowest BCUT2D eigenvalue weighted by Gasteiger charge is -2.17. The van der Waals surface area contributed by atoms with Crippen molar-refractivity contribution in [3.63, 3.8) is 0 Å². The van der Waals surface area contributed by atoms with Gasteiger partial charge in [0.1, 0.15) is 0 Å². The molecule has 0 amide bonds.